The Bertz CT molecular complexity index is 1050. The molecule has 0 fully saturated rings. The van der Waals surface area contributed by atoms with Crippen molar-refractivity contribution in [3.8, 4) is 5.69 Å². The van der Waals surface area contributed by atoms with E-state index in [1.807, 2.05) is 71.5 Å². The Hall–Kier alpha value is -2.61. The van der Waals surface area contributed by atoms with Crippen LogP contribution in [-0.4, -0.2) is 4.57 Å². The van der Waals surface area contributed by atoms with E-state index in [-0.39, 0.29) is 0 Å². The molecular weight excluding hydrogens is 292 g/mol. The van der Waals surface area contributed by atoms with Crippen molar-refractivity contribution in [2.24, 2.45) is 0 Å². The molecule has 1 aliphatic heterocycles. The fraction of sp³-hybridized carbons (Fsp3) is 0.227. The summed E-state index contributed by atoms with van der Waals surface area (Å²) in [6, 6.07) is 18.0. The summed E-state index contributed by atoms with van der Waals surface area (Å²) < 4.78 is 28.8. The molecule has 0 N–H and O–H groups in total. The predicted molar refractivity (Wildman–Crippen MR) is 98.4 cm³/mol. The average Bonchev–Trinajstić information content (AvgIpc) is 3.13. The Morgan fingerprint density at radius 3 is 2.42 bits per heavy atom. The van der Waals surface area contributed by atoms with Crippen LogP contribution in [0.4, 0.5) is 0 Å². The van der Waals surface area contributed by atoms with E-state index in [9.17, 15) is 0 Å². The van der Waals surface area contributed by atoms with Gasteiger partial charge >= 0.3 is 0 Å². The van der Waals surface area contributed by atoms with Crippen molar-refractivity contribution >= 4 is 6.08 Å². The van der Waals surface area contributed by atoms with Crippen LogP contribution in [0, 0.1) is 20.7 Å². The molecule has 0 bridgehead atoms. The number of rotatable bonds is 2. The molecule has 0 saturated carbocycles. The number of fused-ring (bicyclic) bond motifs is 1. The summed E-state index contributed by atoms with van der Waals surface area (Å²) in [6.45, 7) is 3.83. The van der Waals surface area contributed by atoms with Crippen LogP contribution in [0.15, 0.2) is 60.7 Å². The zero-order valence-electron chi connectivity index (χ0n) is 17.2. The Kier molecular flexibility index (Phi) is 2.57. The summed E-state index contributed by atoms with van der Waals surface area (Å²) in [7, 11) is 0. The van der Waals surface area contributed by atoms with Gasteiger partial charge in [-0.3, -0.25) is 0 Å². The molecule has 0 spiro atoms. The predicted octanol–water partition coefficient (Wildman–Crippen LogP) is 4.48. The van der Waals surface area contributed by atoms with Gasteiger partial charge in [0, 0.05) is 23.5 Å². The van der Waals surface area contributed by atoms with E-state index in [1.165, 1.54) is 0 Å². The molecule has 24 heavy (non-hydrogen) atoms. The second kappa shape index (κ2) is 5.20. The topological polar surface area (TPSA) is 8.81 Å². The van der Waals surface area contributed by atoms with Gasteiger partial charge < -0.3 is 0 Å². The highest BCUT2D eigenvalue weighted by atomic mass is 15.2. The zero-order valence-corrected chi connectivity index (χ0v) is 14.2. The van der Waals surface area contributed by atoms with E-state index in [1.54, 1.807) is 0 Å². The summed E-state index contributed by atoms with van der Waals surface area (Å²) in [5, 5.41) is 0. The lowest BCUT2D eigenvalue weighted by atomic mass is 9.92. The van der Waals surface area contributed by atoms with Gasteiger partial charge in [0.25, 0.3) is 5.82 Å². The van der Waals surface area contributed by atoms with Crippen LogP contribution in [0.5, 0.6) is 0 Å². The van der Waals surface area contributed by atoms with Crippen LogP contribution in [0.1, 0.15) is 39.4 Å². The summed E-state index contributed by atoms with van der Waals surface area (Å²) in [5.41, 5.74) is 4.36. The Balaban J connectivity index is 2.09. The molecule has 2 nitrogen and oxygen atoms in total. The fourth-order valence-electron chi connectivity index (χ4n) is 3.74. The Labute approximate surface area is 147 Å². The van der Waals surface area contributed by atoms with Crippen LogP contribution in [0.25, 0.3) is 11.8 Å². The average molecular weight is 318 g/mol. The molecule has 2 aromatic carbocycles. The van der Waals surface area contributed by atoms with Gasteiger partial charge in [-0.25, -0.2) is 4.57 Å². The molecule has 2 heteroatoms. The standard InChI is InChI=1S/C22H23N2/c1-16-10-8-9-13-20(16)23-17(2)21-14-15-22(4,24(21)18(23)3)19-11-6-5-7-12-19/h5-15H,1-4H3/q+1/i3D3. The van der Waals surface area contributed by atoms with Crippen LogP contribution < -0.4 is 4.57 Å². The Morgan fingerprint density at radius 1 is 1.00 bits per heavy atom. The van der Waals surface area contributed by atoms with Crippen LogP contribution in [0.3, 0.4) is 0 Å². The lowest BCUT2D eigenvalue weighted by Crippen LogP contribution is -2.54. The number of aryl methyl sites for hydroxylation is 1. The third kappa shape index (κ3) is 1.92. The van der Waals surface area contributed by atoms with Gasteiger partial charge in [0.1, 0.15) is 5.69 Å². The quantitative estimate of drug-likeness (QED) is 0.616. The normalized spacial score (nSPS) is 21.2. The molecule has 1 aromatic heterocycles. The number of hydrogen-bond acceptors (Lipinski definition) is 0. The van der Waals surface area contributed by atoms with E-state index < -0.39 is 12.4 Å². The van der Waals surface area contributed by atoms with E-state index in [2.05, 4.69) is 25.1 Å². The molecular formula is C22H23N2+. The van der Waals surface area contributed by atoms with Gasteiger partial charge in [0.15, 0.2) is 16.9 Å². The van der Waals surface area contributed by atoms with Gasteiger partial charge in [-0.05, 0) is 37.6 Å². The highest BCUT2D eigenvalue weighted by Gasteiger charge is 2.42. The minimum Gasteiger partial charge on any atom is -0.214 e. The number of imidazole rings is 1. The molecule has 0 aliphatic carbocycles. The number of hydrogen-bond donors (Lipinski definition) is 0. The molecule has 1 atom stereocenters. The summed E-state index contributed by atoms with van der Waals surface area (Å²) >= 11 is 0. The maximum absolute atomic E-state index is 8.32. The minimum atomic E-state index is -2.26. The van der Waals surface area contributed by atoms with Crippen molar-refractivity contribution in [3.05, 3.63) is 89.0 Å². The molecule has 1 unspecified atom stereocenters. The molecule has 1 aliphatic rings. The lowest BCUT2D eigenvalue weighted by molar-refractivity contribution is -0.740. The van der Waals surface area contributed by atoms with Crippen LogP contribution in [-0.2, 0) is 5.54 Å². The van der Waals surface area contributed by atoms with Gasteiger partial charge in [-0.1, -0.05) is 48.5 Å². The number of benzene rings is 2. The number of allylic oxidation sites excluding steroid dienone is 1. The summed E-state index contributed by atoms with van der Waals surface area (Å²) in [4.78, 5) is 0. The van der Waals surface area contributed by atoms with Crippen molar-refractivity contribution < 1.29 is 8.68 Å². The molecule has 0 amide bonds. The number of nitrogens with zero attached hydrogens (tertiary/aromatic N) is 2. The first-order chi connectivity index (χ1) is 12.7. The highest BCUT2D eigenvalue weighted by molar-refractivity contribution is 5.54. The van der Waals surface area contributed by atoms with Crippen molar-refractivity contribution in [1.82, 2.24) is 4.57 Å². The minimum absolute atomic E-state index is 0.334. The van der Waals surface area contributed by atoms with E-state index in [4.69, 9.17) is 4.11 Å². The van der Waals surface area contributed by atoms with E-state index in [0.717, 1.165) is 28.2 Å². The van der Waals surface area contributed by atoms with Crippen LogP contribution in [0.2, 0.25) is 0 Å². The van der Waals surface area contributed by atoms with E-state index in [0.29, 0.717) is 5.82 Å². The highest BCUT2D eigenvalue weighted by Crippen LogP contribution is 2.32. The third-order valence-electron chi connectivity index (χ3n) is 5.12. The molecule has 120 valence electrons. The first kappa shape index (κ1) is 11.9. The largest absolute Gasteiger partial charge is 0.260 e. The Morgan fingerprint density at radius 2 is 1.71 bits per heavy atom. The fourth-order valence-corrected chi connectivity index (χ4v) is 3.74. The monoisotopic (exact) mass is 318 g/mol. The number of para-hydroxylation sites is 1. The van der Waals surface area contributed by atoms with Crippen molar-refractivity contribution in [2.75, 3.05) is 0 Å². The second-order valence-corrected chi connectivity index (χ2v) is 6.60. The van der Waals surface area contributed by atoms with E-state index >= 15 is 0 Å². The lowest BCUT2D eigenvalue weighted by Gasteiger charge is -2.22. The molecule has 2 heterocycles. The third-order valence-corrected chi connectivity index (χ3v) is 5.12. The maximum Gasteiger partial charge on any atom is 0.260 e. The number of aromatic nitrogens is 2. The van der Waals surface area contributed by atoms with Gasteiger partial charge in [0.05, 0.1) is 0 Å². The smallest absolute Gasteiger partial charge is 0.214 e. The van der Waals surface area contributed by atoms with Gasteiger partial charge in [0.2, 0.25) is 0 Å². The SMILES string of the molecule is [2H]C([2H])([2H])c1n(-c2ccccc2C)c(C)c2[n+]1C(C)(c1ccccc1)C=C2. The first-order valence-electron chi connectivity index (χ1n) is 9.74. The molecule has 0 radical (unpaired) electrons. The van der Waals surface area contributed by atoms with Crippen molar-refractivity contribution in [1.29, 1.82) is 0 Å². The zero-order chi connectivity index (χ0) is 19.4. The molecule has 4 rings (SSSR count). The van der Waals surface area contributed by atoms with Gasteiger partial charge in [-0.2, -0.15) is 4.57 Å². The summed E-state index contributed by atoms with van der Waals surface area (Å²) in [5.74, 6) is 0.334. The second-order valence-electron chi connectivity index (χ2n) is 6.60. The van der Waals surface area contributed by atoms with Crippen LogP contribution >= 0.6 is 0 Å². The first-order valence-corrected chi connectivity index (χ1v) is 8.24. The molecule has 0 saturated heterocycles. The summed E-state index contributed by atoms with van der Waals surface area (Å²) in [6.07, 6.45) is 4.15. The van der Waals surface area contributed by atoms with Gasteiger partial charge in [-0.15, -0.1) is 0 Å². The van der Waals surface area contributed by atoms with Crippen molar-refractivity contribution in [2.45, 2.75) is 33.2 Å². The van der Waals surface area contributed by atoms with Crippen molar-refractivity contribution in [3.63, 3.8) is 0 Å². The maximum atomic E-state index is 8.32. The molecule has 3 aromatic rings.